The quantitative estimate of drug-likeness (QED) is 0.298. The first-order valence-corrected chi connectivity index (χ1v) is 10.6. The lowest BCUT2D eigenvalue weighted by molar-refractivity contribution is -0.118. The number of rotatable bonds is 7. The molecule has 0 aliphatic heterocycles. The Labute approximate surface area is 205 Å². The molecule has 0 unspecified atom stereocenters. The summed E-state index contributed by atoms with van der Waals surface area (Å²) < 4.78 is 5.52. The zero-order valence-electron chi connectivity index (χ0n) is 16.9. The largest absolute Gasteiger partial charge is 0.484 e. The monoisotopic (exact) mass is 499 g/mol. The van der Waals surface area contributed by atoms with Crippen LogP contribution in [0.3, 0.4) is 0 Å². The maximum atomic E-state index is 12.4. The molecule has 2 N–H and O–H groups in total. The number of nitrogens with one attached hydrogen (secondary N) is 2. The molecule has 0 fully saturated rings. The zero-order valence-corrected chi connectivity index (χ0v) is 19.2. The molecule has 0 spiro atoms. The summed E-state index contributed by atoms with van der Waals surface area (Å²) in [5.74, 6) is -0.583. The van der Waals surface area contributed by atoms with Gasteiger partial charge in [-0.2, -0.15) is 5.26 Å². The number of carbonyl (C=O) groups excluding carboxylic acids is 2. The van der Waals surface area contributed by atoms with Gasteiger partial charge in [-0.1, -0.05) is 53.0 Å². The molecule has 3 rings (SSSR count). The fourth-order valence-electron chi connectivity index (χ4n) is 2.69. The first-order valence-electron chi connectivity index (χ1n) is 9.50. The molecule has 0 radical (unpaired) electrons. The molecule has 9 heteroatoms. The van der Waals surface area contributed by atoms with E-state index in [2.05, 4.69) is 10.6 Å². The number of nitriles is 1. The number of benzene rings is 3. The molecule has 0 bridgehead atoms. The highest BCUT2D eigenvalue weighted by Crippen LogP contribution is 2.25. The lowest BCUT2D eigenvalue weighted by atomic mass is 10.1. The third-order valence-corrected chi connectivity index (χ3v) is 5.16. The van der Waals surface area contributed by atoms with Crippen molar-refractivity contribution in [3.05, 3.63) is 92.9 Å². The third kappa shape index (κ3) is 7.26. The smallest absolute Gasteiger partial charge is 0.266 e. The van der Waals surface area contributed by atoms with Crippen molar-refractivity contribution in [3.63, 3.8) is 0 Å². The Morgan fingerprint density at radius 1 is 0.909 bits per heavy atom. The topological polar surface area (TPSA) is 91.2 Å². The van der Waals surface area contributed by atoms with Crippen molar-refractivity contribution < 1.29 is 14.3 Å². The molecule has 0 heterocycles. The normalized spacial score (nSPS) is 10.8. The molecule has 33 heavy (non-hydrogen) atoms. The number of nitrogens with zero attached hydrogens (tertiary/aromatic N) is 1. The van der Waals surface area contributed by atoms with Crippen LogP contribution in [0.15, 0.2) is 72.3 Å². The van der Waals surface area contributed by atoms with Gasteiger partial charge in [-0.15, -0.1) is 0 Å². The molecular formula is C24H16Cl3N3O3. The van der Waals surface area contributed by atoms with Crippen molar-refractivity contribution in [2.24, 2.45) is 0 Å². The van der Waals surface area contributed by atoms with Crippen molar-refractivity contribution in [2.75, 3.05) is 17.2 Å². The predicted octanol–water partition coefficient (Wildman–Crippen LogP) is 6.21. The van der Waals surface area contributed by atoms with Crippen molar-refractivity contribution in [3.8, 4) is 11.8 Å². The summed E-state index contributed by atoms with van der Waals surface area (Å²) in [4.78, 5) is 24.6. The van der Waals surface area contributed by atoms with Crippen LogP contribution in [0.1, 0.15) is 5.56 Å². The Hall–Kier alpha value is -3.50. The second kappa shape index (κ2) is 11.4. The van der Waals surface area contributed by atoms with Crippen LogP contribution in [0, 0.1) is 11.3 Å². The zero-order chi connectivity index (χ0) is 23.8. The van der Waals surface area contributed by atoms with Crippen LogP contribution in [0.4, 0.5) is 11.4 Å². The van der Waals surface area contributed by atoms with Crippen LogP contribution in [-0.2, 0) is 9.59 Å². The van der Waals surface area contributed by atoms with Gasteiger partial charge in [-0.3, -0.25) is 9.59 Å². The molecule has 0 atom stereocenters. The molecule has 0 aromatic heterocycles. The molecule has 0 aliphatic carbocycles. The summed E-state index contributed by atoms with van der Waals surface area (Å²) in [5, 5.41) is 15.8. The predicted molar refractivity (Wildman–Crippen MR) is 131 cm³/mol. The van der Waals surface area contributed by atoms with E-state index in [1.54, 1.807) is 60.7 Å². The summed E-state index contributed by atoms with van der Waals surface area (Å²) in [6.07, 6.45) is 1.42. The van der Waals surface area contributed by atoms with Gasteiger partial charge in [-0.05, 0) is 60.2 Å². The molecule has 3 aromatic carbocycles. The Bertz CT molecular complexity index is 1270. The van der Waals surface area contributed by atoms with E-state index in [1.165, 1.54) is 12.1 Å². The third-order valence-electron chi connectivity index (χ3n) is 4.19. The number of amides is 2. The average Bonchev–Trinajstić information content (AvgIpc) is 2.79. The molecule has 6 nitrogen and oxygen atoms in total. The Morgan fingerprint density at radius 3 is 2.39 bits per heavy atom. The maximum Gasteiger partial charge on any atom is 0.266 e. The molecule has 2 amide bonds. The first kappa shape index (κ1) is 24.1. The van der Waals surface area contributed by atoms with Crippen LogP contribution in [0.2, 0.25) is 15.1 Å². The van der Waals surface area contributed by atoms with E-state index in [0.29, 0.717) is 37.8 Å². The van der Waals surface area contributed by atoms with Gasteiger partial charge >= 0.3 is 0 Å². The summed E-state index contributed by atoms with van der Waals surface area (Å²) in [5.41, 5.74) is 1.40. The SMILES string of the molecule is N#C/C(=C/c1cccc(OCC(=O)Nc2ccc(Cl)c(Cl)c2)c1)C(=O)Nc1cccc(Cl)c1. The Morgan fingerprint density at radius 2 is 1.67 bits per heavy atom. The average molecular weight is 501 g/mol. The van der Waals surface area contributed by atoms with Gasteiger partial charge < -0.3 is 15.4 Å². The molecule has 0 saturated carbocycles. The highest BCUT2D eigenvalue weighted by Gasteiger charge is 2.11. The van der Waals surface area contributed by atoms with Crippen LogP contribution in [-0.4, -0.2) is 18.4 Å². The van der Waals surface area contributed by atoms with Crippen LogP contribution in [0.25, 0.3) is 6.08 Å². The molecule has 166 valence electrons. The van der Waals surface area contributed by atoms with E-state index in [-0.39, 0.29) is 12.2 Å². The summed E-state index contributed by atoms with van der Waals surface area (Å²) in [6.45, 7) is -0.256. The van der Waals surface area contributed by atoms with Crippen molar-refractivity contribution in [2.45, 2.75) is 0 Å². The first-order chi connectivity index (χ1) is 15.8. The molecule has 0 saturated heterocycles. The van der Waals surface area contributed by atoms with E-state index in [0.717, 1.165) is 0 Å². The van der Waals surface area contributed by atoms with Crippen LogP contribution in [0.5, 0.6) is 5.75 Å². The van der Waals surface area contributed by atoms with Gasteiger partial charge in [-0.25, -0.2) is 0 Å². The molecule has 0 aliphatic rings. The highest BCUT2D eigenvalue weighted by molar-refractivity contribution is 6.42. The van der Waals surface area contributed by atoms with Gasteiger partial charge in [0.05, 0.1) is 10.0 Å². The maximum absolute atomic E-state index is 12.4. The van der Waals surface area contributed by atoms with Crippen molar-refractivity contribution >= 4 is 64.1 Å². The number of hydrogen-bond acceptors (Lipinski definition) is 4. The number of anilines is 2. The molecular weight excluding hydrogens is 485 g/mol. The van der Waals surface area contributed by atoms with E-state index in [4.69, 9.17) is 39.5 Å². The second-order valence-corrected chi connectivity index (χ2v) is 7.92. The lowest BCUT2D eigenvalue weighted by Gasteiger charge is -2.09. The van der Waals surface area contributed by atoms with E-state index < -0.39 is 11.8 Å². The standard InChI is InChI=1S/C24H16Cl3N3O3/c25-17-4-2-5-18(11-17)30-24(32)16(13-28)9-15-3-1-6-20(10-15)33-14-23(31)29-19-7-8-21(26)22(27)12-19/h1-12H,14H2,(H,29,31)(H,30,32)/b16-9-. The summed E-state index contributed by atoms with van der Waals surface area (Å²) >= 11 is 17.7. The highest BCUT2D eigenvalue weighted by atomic mass is 35.5. The van der Waals surface area contributed by atoms with Gasteiger partial charge in [0.2, 0.25) is 0 Å². The van der Waals surface area contributed by atoms with Crippen molar-refractivity contribution in [1.82, 2.24) is 0 Å². The lowest BCUT2D eigenvalue weighted by Crippen LogP contribution is -2.20. The minimum atomic E-state index is -0.577. The fraction of sp³-hybridized carbons (Fsp3) is 0.0417. The van der Waals surface area contributed by atoms with E-state index >= 15 is 0 Å². The van der Waals surface area contributed by atoms with E-state index in [1.807, 2.05) is 6.07 Å². The summed E-state index contributed by atoms with van der Waals surface area (Å²) in [6, 6.07) is 19.9. The fourth-order valence-corrected chi connectivity index (χ4v) is 3.18. The van der Waals surface area contributed by atoms with Gasteiger partial charge in [0.1, 0.15) is 17.4 Å². The number of halogens is 3. The number of ether oxygens (including phenoxy) is 1. The Balaban J connectivity index is 1.63. The molecule has 3 aromatic rings. The van der Waals surface area contributed by atoms with E-state index in [9.17, 15) is 14.9 Å². The minimum absolute atomic E-state index is 0.107. The number of hydrogen-bond donors (Lipinski definition) is 2. The Kier molecular flexibility index (Phi) is 8.34. The van der Waals surface area contributed by atoms with Crippen LogP contribution < -0.4 is 15.4 Å². The summed E-state index contributed by atoms with van der Waals surface area (Å²) in [7, 11) is 0. The van der Waals surface area contributed by atoms with Crippen molar-refractivity contribution in [1.29, 1.82) is 5.26 Å². The van der Waals surface area contributed by atoms with Gasteiger partial charge in [0, 0.05) is 16.4 Å². The minimum Gasteiger partial charge on any atom is -0.484 e. The second-order valence-electron chi connectivity index (χ2n) is 6.67. The van der Waals surface area contributed by atoms with Crippen LogP contribution >= 0.6 is 34.8 Å². The van der Waals surface area contributed by atoms with Gasteiger partial charge in [0.15, 0.2) is 6.61 Å². The number of carbonyl (C=O) groups is 2. The van der Waals surface area contributed by atoms with Gasteiger partial charge in [0.25, 0.3) is 11.8 Å².